The molecule has 5 nitrogen and oxygen atoms in total. The Morgan fingerprint density at radius 3 is 2.79 bits per heavy atom. The predicted octanol–water partition coefficient (Wildman–Crippen LogP) is 2.73. The molecular formula is C18H21N3O2S. The third-order valence-electron chi connectivity index (χ3n) is 4.17. The first-order valence-corrected chi connectivity index (χ1v) is 9.05. The molecule has 0 radical (unpaired) electrons. The van der Waals surface area contributed by atoms with Crippen LogP contribution >= 0.6 is 11.3 Å². The van der Waals surface area contributed by atoms with Gasteiger partial charge in [0.25, 0.3) is 11.8 Å². The Hall–Kier alpha value is -2.18. The van der Waals surface area contributed by atoms with Gasteiger partial charge in [0.1, 0.15) is 0 Å². The van der Waals surface area contributed by atoms with E-state index < -0.39 is 0 Å². The standard InChI is InChI=1S/C18H21N3O2S/c22-17(20-10-8-13-7-9-19-12-13)14-4-1-2-5-15(14)21-18(23)16-6-3-11-24-16/h1-6,11,13,19H,7-10,12H2,(H,20,22)(H,21,23). The fraction of sp³-hybridized carbons (Fsp3) is 0.333. The van der Waals surface area contributed by atoms with E-state index in [0.29, 0.717) is 28.6 Å². The van der Waals surface area contributed by atoms with Gasteiger partial charge in [-0.15, -0.1) is 11.3 Å². The molecule has 1 aliphatic heterocycles. The maximum absolute atomic E-state index is 12.4. The lowest BCUT2D eigenvalue weighted by atomic mass is 10.1. The Labute approximate surface area is 145 Å². The maximum atomic E-state index is 12.4. The number of thiophene rings is 1. The van der Waals surface area contributed by atoms with E-state index in [9.17, 15) is 9.59 Å². The van der Waals surface area contributed by atoms with Crippen LogP contribution in [-0.4, -0.2) is 31.4 Å². The summed E-state index contributed by atoms with van der Waals surface area (Å²) in [6, 6.07) is 10.7. The van der Waals surface area contributed by atoms with Crippen LogP contribution in [0.15, 0.2) is 41.8 Å². The van der Waals surface area contributed by atoms with Gasteiger partial charge in [-0.25, -0.2) is 0 Å². The molecule has 0 spiro atoms. The average Bonchev–Trinajstić information content (AvgIpc) is 3.29. The summed E-state index contributed by atoms with van der Waals surface area (Å²) in [5.41, 5.74) is 1.03. The quantitative estimate of drug-likeness (QED) is 0.755. The lowest BCUT2D eigenvalue weighted by Crippen LogP contribution is -2.27. The van der Waals surface area contributed by atoms with Gasteiger partial charge >= 0.3 is 0 Å². The Morgan fingerprint density at radius 1 is 1.17 bits per heavy atom. The highest BCUT2D eigenvalue weighted by Gasteiger charge is 2.16. The van der Waals surface area contributed by atoms with Gasteiger partial charge in [0.15, 0.2) is 0 Å². The number of carbonyl (C=O) groups is 2. The summed E-state index contributed by atoms with van der Waals surface area (Å²) >= 11 is 1.37. The zero-order valence-electron chi connectivity index (χ0n) is 13.4. The van der Waals surface area contributed by atoms with Gasteiger partial charge in [-0.1, -0.05) is 18.2 Å². The van der Waals surface area contributed by atoms with E-state index in [2.05, 4.69) is 16.0 Å². The number of para-hydroxylation sites is 1. The third kappa shape index (κ3) is 4.21. The van der Waals surface area contributed by atoms with E-state index >= 15 is 0 Å². The van der Waals surface area contributed by atoms with E-state index in [0.717, 1.165) is 19.5 Å². The molecule has 0 bridgehead atoms. The lowest BCUT2D eigenvalue weighted by molar-refractivity contribution is 0.0952. The van der Waals surface area contributed by atoms with Crippen LogP contribution in [0.3, 0.4) is 0 Å². The fourth-order valence-corrected chi connectivity index (χ4v) is 3.45. The second-order valence-corrected chi connectivity index (χ2v) is 6.83. The molecule has 2 heterocycles. The molecule has 1 aromatic heterocycles. The second-order valence-electron chi connectivity index (χ2n) is 5.88. The van der Waals surface area contributed by atoms with Crippen molar-refractivity contribution in [3.63, 3.8) is 0 Å². The number of amides is 2. The molecule has 6 heteroatoms. The molecule has 1 unspecified atom stereocenters. The Balaban J connectivity index is 1.60. The number of benzene rings is 1. The van der Waals surface area contributed by atoms with Crippen LogP contribution in [-0.2, 0) is 0 Å². The van der Waals surface area contributed by atoms with Crippen molar-refractivity contribution in [1.82, 2.24) is 10.6 Å². The first-order valence-electron chi connectivity index (χ1n) is 8.17. The van der Waals surface area contributed by atoms with Crippen LogP contribution in [0.5, 0.6) is 0 Å². The number of anilines is 1. The van der Waals surface area contributed by atoms with Gasteiger partial charge in [0, 0.05) is 6.54 Å². The van der Waals surface area contributed by atoms with Crippen molar-refractivity contribution in [1.29, 1.82) is 0 Å². The average molecular weight is 343 g/mol. The highest BCUT2D eigenvalue weighted by Crippen LogP contribution is 2.18. The zero-order chi connectivity index (χ0) is 16.8. The van der Waals surface area contributed by atoms with E-state index in [1.165, 1.54) is 17.8 Å². The van der Waals surface area contributed by atoms with Gasteiger partial charge in [0.05, 0.1) is 16.1 Å². The number of rotatable bonds is 6. The summed E-state index contributed by atoms with van der Waals surface area (Å²) in [5.74, 6) is 0.296. The van der Waals surface area contributed by atoms with E-state index in [-0.39, 0.29) is 11.8 Å². The van der Waals surface area contributed by atoms with Crippen molar-refractivity contribution in [3.8, 4) is 0 Å². The van der Waals surface area contributed by atoms with Crippen molar-refractivity contribution in [3.05, 3.63) is 52.2 Å². The molecule has 0 aliphatic carbocycles. The molecule has 24 heavy (non-hydrogen) atoms. The Bertz CT molecular complexity index is 694. The minimum Gasteiger partial charge on any atom is -0.352 e. The highest BCUT2D eigenvalue weighted by molar-refractivity contribution is 7.12. The fourth-order valence-electron chi connectivity index (χ4n) is 2.83. The minimum atomic E-state index is -0.192. The van der Waals surface area contributed by atoms with Crippen LogP contribution in [0.1, 0.15) is 32.9 Å². The van der Waals surface area contributed by atoms with Gasteiger partial charge in [-0.2, -0.15) is 0 Å². The monoisotopic (exact) mass is 343 g/mol. The molecule has 2 amide bonds. The van der Waals surface area contributed by atoms with Gasteiger partial charge in [0.2, 0.25) is 0 Å². The van der Waals surface area contributed by atoms with Crippen molar-refractivity contribution in [2.45, 2.75) is 12.8 Å². The van der Waals surface area contributed by atoms with Crippen LogP contribution in [0.25, 0.3) is 0 Å². The van der Waals surface area contributed by atoms with Crippen molar-refractivity contribution >= 4 is 28.8 Å². The number of hydrogen-bond acceptors (Lipinski definition) is 4. The third-order valence-corrected chi connectivity index (χ3v) is 5.03. The lowest BCUT2D eigenvalue weighted by Gasteiger charge is -2.12. The summed E-state index contributed by atoms with van der Waals surface area (Å²) in [7, 11) is 0. The van der Waals surface area contributed by atoms with Crippen molar-refractivity contribution in [2.75, 3.05) is 25.0 Å². The topological polar surface area (TPSA) is 70.2 Å². The van der Waals surface area contributed by atoms with Crippen molar-refractivity contribution < 1.29 is 9.59 Å². The molecule has 1 fully saturated rings. The molecule has 3 rings (SSSR count). The number of nitrogens with one attached hydrogen (secondary N) is 3. The van der Waals surface area contributed by atoms with Crippen LogP contribution in [0.2, 0.25) is 0 Å². The molecule has 126 valence electrons. The van der Waals surface area contributed by atoms with Gasteiger partial charge < -0.3 is 16.0 Å². The van der Waals surface area contributed by atoms with E-state index in [1.54, 1.807) is 24.3 Å². The zero-order valence-corrected chi connectivity index (χ0v) is 14.2. The summed E-state index contributed by atoms with van der Waals surface area (Å²) in [6.45, 7) is 2.75. The van der Waals surface area contributed by atoms with Crippen LogP contribution in [0, 0.1) is 5.92 Å². The second kappa shape index (κ2) is 8.08. The molecule has 1 aromatic carbocycles. The molecular weight excluding hydrogens is 322 g/mol. The van der Waals surface area contributed by atoms with E-state index in [1.807, 2.05) is 17.5 Å². The highest BCUT2D eigenvalue weighted by atomic mass is 32.1. The molecule has 1 saturated heterocycles. The SMILES string of the molecule is O=C(Nc1ccccc1C(=O)NCCC1CCNC1)c1cccs1. The first-order chi connectivity index (χ1) is 11.7. The maximum Gasteiger partial charge on any atom is 0.265 e. The number of hydrogen-bond donors (Lipinski definition) is 3. The molecule has 1 atom stereocenters. The molecule has 0 saturated carbocycles. The normalized spacial score (nSPS) is 16.8. The summed E-state index contributed by atoms with van der Waals surface area (Å²) in [6.07, 6.45) is 2.14. The minimum absolute atomic E-state index is 0.150. The Morgan fingerprint density at radius 2 is 2.04 bits per heavy atom. The summed E-state index contributed by atoms with van der Waals surface area (Å²) < 4.78 is 0. The van der Waals surface area contributed by atoms with Crippen molar-refractivity contribution in [2.24, 2.45) is 5.92 Å². The first kappa shape index (κ1) is 16.7. The largest absolute Gasteiger partial charge is 0.352 e. The predicted molar refractivity (Wildman–Crippen MR) is 96.6 cm³/mol. The van der Waals surface area contributed by atoms with Crippen LogP contribution in [0.4, 0.5) is 5.69 Å². The van der Waals surface area contributed by atoms with Crippen LogP contribution < -0.4 is 16.0 Å². The van der Waals surface area contributed by atoms with Gasteiger partial charge in [-0.05, 0) is 55.4 Å². The van der Waals surface area contributed by atoms with Gasteiger partial charge in [-0.3, -0.25) is 9.59 Å². The molecule has 2 aromatic rings. The summed E-state index contributed by atoms with van der Waals surface area (Å²) in [4.78, 5) is 25.3. The summed E-state index contributed by atoms with van der Waals surface area (Å²) in [5, 5.41) is 11.0. The number of carbonyl (C=O) groups excluding carboxylic acids is 2. The molecule has 1 aliphatic rings. The van der Waals surface area contributed by atoms with E-state index in [4.69, 9.17) is 0 Å². The molecule has 3 N–H and O–H groups in total. The Kier molecular flexibility index (Phi) is 5.61. The smallest absolute Gasteiger partial charge is 0.265 e.